The minimum Gasteiger partial charge on any atom is -0.384 e. The monoisotopic (exact) mass is 333 g/mol. The normalized spacial score (nSPS) is 11.3. The molecule has 0 unspecified atom stereocenters. The summed E-state index contributed by atoms with van der Waals surface area (Å²) < 4.78 is 2.33. The number of hydrogen-bond donors (Lipinski definition) is 1. The van der Waals surface area contributed by atoms with Crippen LogP contribution in [-0.4, -0.2) is 19.1 Å². The van der Waals surface area contributed by atoms with Gasteiger partial charge < -0.3 is 5.73 Å². The molecule has 0 spiro atoms. The standard InChI is InChI=1S/C18H15N5O2/c1-22-16(19)14(17(24)23(2)18(22)25)12-9-13-15(21-8-7-20-13)11-6-4-3-5-10(11)12/h3-9H,19H2,1-2H3. The lowest BCUT2D eigenvalue weighted by molar-refractivity contribution is 0.697. The third-order valence-electron chi connectivity index (χ3n) is 4.46. The van der Waals surface area contributed by atoms with Crippen LogP contribution in [0.3, 0.4) is 0 Å². The minimum atomic E-state index is -0.462. The molecule has 0 saturated heterocycles. The molecule has 0 bridgehead atoms. The van der Waals surface area contributed by atoms with Crippen LogP contribution in [0.25, 0.3) is 32.9 Å². The first kappa shape index (κ1) is 15.1. The van der Waals surface area contributed by atoms with Crippen LogP contribution in [0.5, 0.6) is 0 Å². The Morgan fingerprint density at radius 1 is 0.960 bits per heavy atom. The van der Waals surface area contributed by atoms with Crippen molar-refractivity contribution in [2.75, 3.05) is 5.73 Å². The lowest BCUT2D eigenvalue weighted by atomic mass is 9.97. The van der Waals surface area contributed by atoms with E-state index in [2.05, 4.69) is 9.97 Å². The molecule has 0 atom stereocenters. The van der Waals surface area contributed by atoms with Crippen molar-refractivity contribution in [3.63, 3.8) is 0 Å². The predicted molar refractivity (Wildman–Crippen MR) is 97.4 cm³/mol. The van der Waals surface area contributed by atoms with E-state index in [4.69, 9.17) is 5.73 Å². The van der Waals surface area contributed by atoms with Crippen molar-refractivity contribution in [1.82, 2.24) is 19.1 Å². The summed E-state index contributed by atoms with van der Waals surface area (Å²) in [7, 11) is 2.99. The number of benzene rings is 2. The molecule has 2 heterocycles. The quantitative estimate of drug-likeness (QED) is 0.532. The Kier molecular flexibility index (Phi) is 3.18. The van der Waals surface area contributed by atoms with Gasteiger partial charge in [-0.15, -0.1) is 0 Å². The van der Waals surface area contributed by atoms with Gasteiger partial charge in [0.1, 0.15) is 5.82 Å². The molecule has 0 radical (unpaired) electrons. The van der Waals surface area contributed by atoms with Gasteiger partial charge in [0.05, 0.1) is 16.6 Å². The number of aromatic nitrogens is 4. The molecule has 0 saturated carbocycles. The molecule has 0 fully saturated rings. The molecular weight excluding hydrogens is 318 g/mol. The number of hydrogen-bond acceptors (Lipinski definition) is 5. The van der Waals surface area contributed by atoms with E-state index in [1.807, 2.05) is 24.3 Å². The van der Waals surface area contributed by atoms with Gasteiger partial charge in [-0.05, 0) is 11.5 Å². The van der Waals surface area contributed by atoms with Crippen molar-refractivity contribution in [2.24, 2.45) is 14.1 Å². The van der Waals surface area contributed by atoms with Crippen LogP contribution in [0.15, 0.2) is 52.3 Å². The van der Waals surface area contributed by atoms with Crippen LogP contribution in [-0.2, 0) is 14.1 Å². The third kappa shape index (κ3) is 2.06. The second kappa shape index (κ2) is 5.27. The van der Waals surface area contributed by atoms with Crippen molar-refractivity contribution < 1.29 is 0 Å². The Bertz CT molecular complexity index is 1270. The molecule has 2 N–H and O–H groups in total. The number of anilines is 1. The summed E-state index contributed by atoms with van der Waals surface area (Å²) in [5, 5.41) is 1.70. The first-order valence-corrected chi connectivity index (χ1v) is 7.69. The molecule has 0 aliphatic heterocycles. The first-order chi connectivity index (χ1) is 12.0. The number of nitrogens with zero attached hydrogens (tertiary/aromatic N) is 4. The summed E-state index contributed by atoms with van der Waals surface area (Å²) in [5.41, 5.74) is 7.57. The van der Waals surface area contributed by atoms with E-state index >= 15 is 0 Å². The van der Waals surface area contributed by atoms with Crippen LogP contribution < -0.4 is 17.0 Å². The van der Waals surface area contributed by atoms with Gasteiger partial charge in [0.2, 0.25) is 0 Å². The van der Waals surface area contributed by atoms with Crippen LogP contribution in [0.4, 0.5) is 5.82 Å². The summed E-state index contributed by atoms with van der Waals surface area (Å²) >= 11 is 0. The van der Waals surface area contributed by atoms with E-state index in [1.54, 1.807) is 25.5 Å². The van der Waals surface area contributed by atoms with Gasteiger partial charge in [-0.1, -0.05) is 24.3 Å². The summed E-state index contributed by atoms with van der Waals surface area (Å²) in [5.74, 6) is 0.126. The van der Waals surface area contributed by atoms with E-state index in [1.165, 1.54) is 11.6 Å². The highest BCUT2D eigenvalue weighted by atomic mass is 16.2. The van der Waals surface area contributed by atoms with E-state index in [0.717, 1.165) is 20.9 Å². The molecule has 0 amide bonds. The second-order valence-electron chi connectivity index (χ2n) is 5.86. The van der Waals surface area contributed by atoms with Gasteiger partial charge in [-0.3, -0.25) is 23.9 Å². The van der Waals surface area contributed by atoms with Crippen LogP contribution in [0.2, 0.25) is 0 Å². The fourth-order valence-electron chi connectivity index (χ4n) is 3.12. The molecule has 4 rings (SSSR count). The highest BCUT2D eigenvalue weighted by Crippen LogP contribution is 2.33. The van der Waals surface area contributed by atoms with Crippen LogP contribution >= 0.6 is 0 Å². The van der Waals surface area contributed by atoms with Crippen molar-refractivity contribution in [3.05, 3.63) is 63.6 Å². The summed E-state index contributed by atoms with van der Waals surface area (Å²) in [4.78, 5) is 33.6. The Balaban J connectivity index is 2.26. The second-order valence-corrected chi connectivity index (χ2v) is 5.86. The predicted octanol–water partition coefficient (Wildman–Crippen LogP) is 1.43. The Labute approximate surface area is 142 Å². The molecular formula is C18H15N5O2. The molecule has 0 aliphatic rings. The van der Waals surface area contributed by atoms with Crippen molar-refractivity contribution in [2.45, 2.75) is 0 Å². The van der Waals surface area contributed by atoms with Crippen molar-refractivity contribution >= 4 is 27.6 Å². The molecule has 2 aromatic heterocycles. The smallest absolute Gasteiger partial charge is 0.332 e. The number of nitrogen functional groups attached to an aromatic ring is 1. The van der Waals surface area contributed by atoms with Gasteiger partial charge >= 0.3 is 5.69 Å². The number of rotatable bonds is 1. The molecule has 124 valence electrons. The average Bonchev–Trinajstić information content (AvgIpc) is 2.65. The van der Waals surface area contributed by atoms with Crippen LogP contribution in [0.1, 0.15) is 0 Å². The van der Waals surface area contributed by atoms with Gasteiger partial charge in [0.15, 0.2) is 0 Å². The Morgan fingerprint density at radius 3 is 2.40 bits per heavy atom. The summed E-state index contributed by atoms with van der Waals surface area (Å²) in [6.45, 7) is 0. The maximum atomic E-state index is 12.8. The highest BCUT2D eigenvalue weighted by molar-refractivity contribution is 6.11. The Morgan fingerprint density at radius 2 is 1.64 bits per heavy atom. The SMILES string of the molecule is Cn1c(N)c(-c2cc3nccnc3c3ccccc23)c(=O)n(C)c1=O. The maximum absolute atomic E-state index is 12.8. The fraction of sp³-hybridized carbons (Fsp3) is 0.111. The summed E-state index contributed by atoms with van der Waals surface area (Å²) in [6, 6.07) is 9.42. The molecule has 25 heavy (non-hydrogen) atoms. The first-order valence-electron chi connectivity index (χ1n) is 7.69. The minimum absolute atomic E-state index is 0.126. The summed E-state index contributed by atoms with van der Waals surface area (Å²) in [6.07, 6.45) is 3.23. The van der Waals surface area contributed by atoms with Gasteiger partial charge in [0.25, 0.3) is 5.56 Å². The zero-order valence-corrected chi connectivity index (χ0v) is 13.7. The molecule has 2 aromatic carbocycles. The van der Waals surface area contributed by atoms with E-state index in [-0.39, 0.29) is 11.4 Å². The number of nitrogens with two attached hydrogens (primary N) is 1. The maximum Gasteiger partial charge on any atom is 0.332 e. The molecule has 7 nitrogen and oxygen atoms in total. The van der Waals surface area contributed by atoms with E-state index < -0.39 is 11.2 Å². The average molecular weight is 333 g/mol. The lowest BCUT2D eigenvalue weighted by Gasteiger charge is -2.14. The van der Waals surface area contributed by atoms with Gasteiger partial charge in [-0.25, -0.2) is 4.79 Å². The topological polar surface area (TPSA) is 95.8 Å². The van der Waals surface area contributed by atoms with Crippen molar-refractivity contribution in [1.29, 1.82) is 0 Å². The molecule has 7 heteroatoms. The largest absolute Gasteiger partial charge is 0.384 e. The van der Waals surface area contributed by atoms with E-state index in [0.29, 0.717) is 11.1 Å². The van der Waals surface area contributed by atoms with Gasteiger partial charge in [-0.2, -0.15) is 0 Å². The van der Waals surface area contributed by atoms with Crippen molar-refractivity contribution in [3.8, 4) is 11.1 Å². The number of fused-ring (bicyclic) bond motifs is 3. The third-order valence-corrected chi connectivity index (χ3v) is 4.46. The van der Waals surface area contributed by atoms with Gasteiger partial charge in [0, 0.05) is 37.4 Å². The van der Waals surface area contributed by atoms with Crippen LogP contribution in [0, 0.1) is 0 Å². The molecule has 0 aliphatic carbocycles. The highest BCUT2D eigenvalue weighted by Gasteiger charge is 2.19. The zero-order valence-electron chi connectivity index (χ0n) is 13.7. The fourth-order valence-corrected chi connectivity index (χ4v) is 3.12. The molecule has 4 aromatic rings. The van der Waals surface area contributed by atoms with E-state index in [9.17, 15) is 9.59 Å². The zero-order chi connectivity index (χ0) is 17.7. The lowest BCUT2D eigenvalue weighted by Crippen LogP contribution is -2.39. The Hall–Kier alpha value is -3.48.